The maximum Gasteiger partial charge on any atom is 0.320 e. The molecule has 0 atom stereocenters. The largest absolute Gasteiger partial charge is 0.468 e. The van der Waals surface area contributed by atoms with E-state index in [9.17, 15) is 13.2 Å². The molecule has 0 saturated heterocycles. The Morgan fingerprint density at radius 3 is 2.62 bits per heavy atom. The number of rotatable bonds is 4. The molecule has 0 unspecified atom stereocenters. The molecule has 0 aromatic heterocycles. The lowest BCUT2D eigenvalue weighted by Gasteiger charge is -2.07. The fourth-order valence-electron chi connectivity index (χ4n) is 1.03. The van der Waals surface area contributed by atoms with Crippen molar-refractivity contribution in [2.45, 2.75) is 4.90 Å². The molecule has 0 bridgehead atoms. The predicted molar refractivity (Wildman–Crippen MR) is 58.1 cm³/mol. The molecule has 0 radical (unpaired) electrons. The summed E-state index contributed by atoms with van der Waals surface area (Å²) in [5, 5.41) is 0. The summed E-state index contributed by atoms with van der Waals surface area (Å²) in [5.74, 6) is -0.668. The van der Waals surface area contributed by atoms with E-state index in [1.807, 2.05) is 0 Å². The third-order valence-electron chi connectivity index (χ3n) is 1.84. The standard InChI is InChI=1S/C9H12N2O4S/c1-15-9(12)6-11-16(13,14)8-5-3-2-4-7(8)10/h2-5,11H,6,10H2,1H3. The van der Waals surface area contributed by atoms with Crippen LogP contribution >= 0.6 is 0 Å². The summed E-state index contributed by atoms with van der Waals surface area (Å²) in [6.45, 7) is -0.423. The number of nitrogen functional groups attached to an aromatic ring is 1. The third-order valence-corrected chi connectivity index (χ3v) is 3.32. The molecule has 0 aliphatic rings. The van der Waals surface area contributed by atoms with Gasteiger partial charge in [-0.15, -0.1) is 0 Å². The van der Waals surface area contributed by atoms with Gasteiger partial charge in [-0.3, -0.25) is 4.79 Å². The van der Waals surface area contributed by atoms with E-state index < -0.39 is 22.5 Å². The summed E-state index contributed by atoms with van der Waals surface area (Å²) in [4.78, 5) is 10.7. The van der Waals surface area contributed by atoms with Gasteiger partial charge in [-0.25, -0.2) is 8.42 Å². The van der Waals surface area contributed by atoms with Crippen LogP contribution < -0.4 is 10.5 Å². The maximum absolute atomic E-state index is 11.7. The highest BCUT2D eigenvalue weighted by Crippen LogP contribution is 2.16. The van der Waals surface area contributed by atoms with E-state index in [0.717, 1.165) is 0 Å². The number of anilines is 1. The smallest absolute Gasteiger partial charge is 0.320 e. The average Bonchev–Trinajstić information content (AvgIpc) is 2.26. The molecule has 0 heterocycles. The topological polar surface area (TPSA) is 98.5 Å². The lowest BCUT2D eigenvalue weighted by Crippen LogP contribution is -2.30. The second kappa shape index (κ2) is 4.95. The van der Waals surface area contributed by atoms with Gasteiger partial charge in [0.15, 0.2) is 0 Å². The van der Waals surface area contributed by atoms with Gasteiger partial charge in [0.1, 0.15) is 11.4 Å². The summed E-state index contributed by atoms with van der Waals surface area (Å²) in [5.41, 5.74) is 5.64. The zero-order chi connectivity index (χ0) is 12.2. The molecule has 1 aromatic rings. The molecular weight excluding hydrogens is 232 g/mol. The van der Waals surface area contributed by atoms with Crippen molar-refractivity contribution in [1.29, 1.82) is 0 Å². The van der Waals surface area contributed by atoms with Gasteiger partial charge < -0.3 is 10.5 Å². The number of methoxy groups -OCH3 is 1. The van der Waals surface area contributed by atoms with Crippen molar-refractivity contribution in [1.82, 2.24) is 4.72 Å². The van der Waals surface area contributed by atoms with Gasteiger partial charge >= 0.3 is 5.97 Å². The van der Waals surface area contributed by atoms with Gasteiger partial charge in [-0.1, -0.05) is 12.1 Å². The van der Waals surface area contributed by atoms with E-state index in [1.165, 1.54) is 19.2 Å². The Morgan fingerprint density at radius 1 is 1.44 bits per heavy atom. The molecule has 0 saturated carbocycles. The number of carbonyl (C=O) groups is 1. The summed E-state index contributed by atoms with van der Waals surface area (Å²) < 4.78 is 29.7. The molecular formula is C9H12N2O4S. The van der Waals surface area contributed by atoms with Crippen LogP contribution in [-0.4, -0.2) is 28.0 Å². The van der Waals surface area contributed by atoms with Crippen molar-refractivity contribution in [2.24, 2.45) is 0 Å². The number of hydrogen-bond donors (Lipinski definition) is 2. The van der Waals surface area contributed by atoms with Crippen molar-refractivity contribution in [2.75, 3.05) is 19.4 Å². The number of benzene rings is 1. The SMILES string of the molecule is COC(=O)CNS(=O)(=O)c1ccccc1N. The van der Waals surface area contributed by atoms with Gasteiger partial charge in [-0.05, 0) is 12.1 Å². The molecule has 3 N–H and O–H groups in total. The van der Waals surface area contributed by atoms with Crippen LogP contribution in [0.2, 0.25) is 0 Å². The minimum atomic E-state index is -3.77. The highest BCUT2D eigenvalue weighted by Gasteiger charge is 2.17. The molecule has 0 aliphatic carbocycles. The van der Waals surface area contributed by atoms with Gasteiger partial charge in [0.2, 0.25) is 10.0 Å². The van der Waals surface area contributed by atoms with E-state index in [4.69, 9.17) is 5.73 Å². The molecule has 1 rings (SSSR count). The fraction of sp³-hybridized carbons (Fsp3) is 0.222. The number of hydrogen-bond acceptors (Lipinski definition) is 5. The predicted octanol–water partition coefficient (Wildman–Crippen LogP) is -0.280. The summed E-state index contributed by atoms with van der Waals surface area (Å²) in [6, 6.07) is 5.99. The number of para-hydroxylation sites is 1. The van der Waals surface area contributed by atoms with Crippen LogP contribution in [0, 0.1) is 0 Å². The average molecular weight is 244 g/mol. The lowest BCUT2D eigenvalue weighted by molar-refractivity contribution is -0.139. The van der Waals surface area contributed by atoms with Crippen molar-refractivity contribution in [3.8, 4) is 0 Å². The first-order valence-electron chi connectivity index (χ1n) is 4.38. The van der Waals surface area contributed by atoms with Crippen LogP contribution in [-0.2, 0) is 19.6 Å². The van der Waals surface area contributed by atoms with E-state index in [2.05, 4.69) is 9.46 Å². The summed E-state index contributed by atoms with van der Waals surface area (Å²) in [7, 11) is -2.60. The quantitative estimate of drug-likeness (QED) is 0.560. The molecule has 0 fully saturated rings. The van der Waals surface area contributed by atoms with Crippen molar-refractivity contribution >= 4 is 21.7 Å². The molecule has 6 nitrogen and oxygen atoms in total. The fourth-order valence-corrected chi connectivity index (χ4v) is 2.13. The van der Waals surface area contributed by atoms with Crippen LogP contribution in [0.1, 0.15) is 0 Å². The van der Waals surface area contributed by atoms with Gasteiger partial charge in [-0.2, -0.15) is 4.72 Å². The zero-order valence-electron chi connectivity index (χ0n) is 8.64. The minimum absolute atomic E-state index is 0.0566. The van der Waals surface area contributed by atoms with Crippen molar-refractivity contribution < 1.29 is 17.9 Å². The lowest BCUT2D eigenvalue weighted by atomic mass is 10.3. The third kappa shape index (κ3) is 2.94. The number of nitrogens with two attached hydrogens (primary N) is 1. The zero-order valence-corrected chi connectivity index (χ0v) is 9.45. The molecule has 0 spiro atoms. The number of esters is 1. The van der Waals surface area contributed by atoms with Crippen LogP contribution in [0.3, 0.4) is 0 Å². The van der Waals surface area contributed by atoms with Gasteiger partial charge in [0.05, 0.1) is 12.8 Å². The Bertz CT molecular complexity index is 484. The van der Waals surface area contributed by atoms with Crippen LogP contribution in [0.5, 0.6) is 0 Å². The minimum Gasteiger partial charge on any atom is -0.468 e. The summed E-state index contributed by atoms with van der Waals surface area (Å²) >= 11 is 0. The molecule has 0 amide bonds. The van der Waals surface area contributed by atoms with Crippen molar-refractivity contribution in [3.63, 3.8) is 0 Å². The second-order valence-corrected chi connectivity index (χ2v) is 4.67. The van der Waals surface area contributed by atoms with E-state index in [-0.39, 0.29) is 10.6 Å². The first-order chi connectivity index (χ1) is 7.47. The van der Waals surface area contributed by atoms with E-state index in [1.54, 1.807) is 12.1 Å². The Labute approximate surface area is 93.5 Å². The highest BCUT2D eigenvalue weighted by molar-refractivity contribution is 7.89. The van der Waals surface area contributed by atoms with E-state index >= 15 is 0 Å². The molecule has 0 aliphatic heterocycles. The number of sulfonamides is 1. The Morgan fingerprint density at radius 2 is 2.06 bits per heavy atom. The monoisotopic (exact) mass is 244 g/mol. The highest BCUT2D eigenvalue weighted by atomic mass is 32.2. The Hall–Kier alpha value is -1.60. The number of carbonyl (C=O) groups excluding carboxylic acids is 1. The molecule has 88 valence electrons. The van der Waals surface area contributed by atoms with Crippen LogP contribution in [0.15, 0.2) is 29.2 Å². The van der Waals surface area contributed by atoms with Crippen LogP contribution in [0.4, 0.5) is 5.69 Å². The van der Waals surface area contributed by atoms with E-state index in [0.29, 0.717) is 0 Å². The van der Waals surface area contributed by atoms with Crippen molar-refractivity contribution in [3.05, 3.63) is 24.3 Å². The first kappa shape index (κ1) is 12.5. The number of nitrogens with one attached hydrogen (secondary N) is 1. The first-order valence-corrected chi connectivity index (χ1v) is 5.86. The second-order valence-electron chi connectivity index (χ2n) is 2.94. The Balaban J connectivity index is 2.87. The van der Waals surface area contributed by atoms with Gasteiger partial charge in [0.25, 0.3) is 0 Å². The van der Waals surface area contributed by atoms with Crippen LogP contribution in [0.25, 0.3) is 0 Å². The summed E-state index contributed by atoms with van der Waals surface area (Å²) in [6.07, 6.45) is 0. The number of ether oxygens (including phenoxy) is 1. The molecule has 16 heavy (non-hydrogen) atoms. The normalized spacial score (nSPS) is 11.1. The molecule has 1 aromatic carbocycles. The maximum atomic E-state index is 11.7. The molecule has 7 heteroatoms. The van der Waals surface area contributed by atoms with Gasteiger partial charge in [0, 0.05) is 0 Å². The Kier molecular flexibility index (Phi) is 3.86.